The van der Waals surface area contributed by atoms with Gasteiger partial charge in [-0.2, -0.15) is 5.10 Å². The summed E-state index contributed by atoms with van der Waals surface area (Å²) >= 11 is 0. The van der Waals surface area contributed by atoms with Gasteiger partial charge in [-0.15, -0.1) is 0 Å². The van der Waals surface area contributed by atoms with Crippen molar-refractivity contribution in [2.45, 2.75) is 46.1 Å². The molecule has 0 radical (unpaired) electrons. The summed E-state index contributed by atoms with van der Waals surface area (Å²) in [5.74, 6) is -0.190. The molecule has 1 aromatic heterocycles. The Morgan fingerprint density at radius 3 is 2.78 bits per heavy atom. The topological polar surface area (TPSA) is 56.2 Å². The number of aryl methyl sites for hydroxylation is 2. The highest BCUT2D eigenvalue weighted by atomic mass is 16.5. The van der Waals surface area contributed by atoms with Crippen LogP contribution in [0.2, 0.25) is 0 Å². The van der Waals surface area contributed by atoms with Gasteiger partial charge in [-0.3, -0.25) is 4.68 Å². The third-order valence-electron chi connectivity index (χ3n) is 2.72. The van der Waals surface area contributed by atoms with Gasteiger partial charge in [-0.1, -0.05) is 20.3 Å². The number of carbonyl (C=O) groups excluding carboxylic acids is 1. The first kappa shape index (κ1) is 14.5. The normalized spacial score (nSPS) is 12.2. The fourth-order valence-corrected chi connectivity index (χ4v) is 1.88. The number of anilines is 1. The quantitative estimate of drug-likeness (QED) is 0.756. The van der Waals surface area contributed by atoms with Crippen LogP contribution in [0.5, 0.6) is 0 Å². The smallest absolute Gasteiger partial charge is 0.328 e. The van der Waals surface area contributed by atoms with Crippen molar-refractivity contribution in [3.05, 3.63) is 11.9 Å². The largest absolute Gasteiger partial charge is 0.464 e. The van der Waals surface area contributed by atoms with Gasteiger partial charge in [0.1, 0.15) is 6.04 Å². The summed E-state index contributed by atoms with van der Waals surface area (Å²) in [7, 11) is 1.88. The minimum atomic E-state index is -0.288. The van der Waals surface area contributed by atoms with E-state index in [1.807, 2.05) is 27.1 Å². The number of carbonyl (C=O) groups is 1. The maximum Gasteiger partial charge on any atom is 0.328 e. The van der Waals surface area contributed by atoms with E-state index in [2.05, 4.69) is 17.3 Å². The van der Waals surface area contributed by atoms with Crippen LogP contribution < -0.4 is 5.32 Å². The second-order valence-electron chi connectivity index (χ2n) is 4.25. The molecule has 0 aliphatic rings. The summed E-state index contributed by atoms with van der Waals surface area (Å²) in [5.41, 5.74) is 1.90. The molecule has 0 aliphatic heterocycles. The van der Waals surface area contributed by atoms with Crippen molar-refractivity contribution in [3.63, 3.8) is 0 Å². The molecule has 1 atom stereocenters. The van der Waals surface area contributed by atoms with Crippen molar-refractivity contribution in [2.75, 3.05) is 11.9 Å². The molecular weight excluding hydrogens is 230 g/mol. The zero-order valence-electron chi connectivity index (χ0n) is 11.7. The molecular formula is C13H23N3O2. The molecule has 5 nitrogen and oxygen atoms in total. The molecule has 0 aliphatic carbocycles. The maximum atomic E-state index is 11.8. The van der Waals surface area contributed by atoms with Gasteiger partial charge in [0.2, 0.25) is 0 Å². The van der Waals surface area contributed by atoms with Gasteiger partial charge >= 0.3 is 5.97 Å². The molecule has 0 saturated heterocycles. The molecule has 0 amide bonds. The van der Waals surface area contributed by atoms with Crippen LogP contribution in [0.1, 0.15) is 39.3 Å². The van der Waals surface area contributed by atoms with Crippen LogP contribution in [-0.2, 0) is 23.0 Å². The van der Waals surface area contributed by atoms with Crippen molar-refractivity contribution in [3.8, 4) is 0 Å². The Kier molecular flexibility index (Phi) is 5.68. The van der Waals surface area contributed by atoms with Crippen molar-refractivity contribution in [1.82, 2.24) is 9.78 Å². The molecule has 1 rings (SSSR count). The van der Waals surface area contributed by atoms with Crippen LogP contribution in [0.25, 0.3) is 0 Å². The van der Waals surface area contributed by atoms with E-state index in [-0.39, 0.29) is 12.0 Å². The summed E-state index contributed by atoms with van der Waals surface area (Å²) in [5, 5.41) is 7.60. The van der Waals surface area contributed by atoms with E-state index in [4.69, 9.17) is 4.74 Å². The molecule has 1 aromatic rings. The summed E-state index contributed by atoms with van der Waals surface area (Å²) < 4.78 is 6.84. The monoisotopic (exact) mass is 253 g/mol. The van der Waals surface area contributed by atoms with E-state index in [1.165, 1.54) is 0 Å². The van der Waals surface area contributed by atoms with Gasteiger partial charge < -0.3 is 10.1 Å². The first-order valence-electron chi connectivity index (χ1n) is 6.58. The zero-order valence-corrected chi connectivity index (χ0v) is 11.7. The fourth-order valence-electron chi connectivity index (χ4n) is 1.88. The van der Waals surface area contributed by atoms with Gasteiger partial charge in [0.15, 0.2) is 0 Å². The predicted octanol–water partition coefficient (Wildman–Crippen LogP) is 2.13. The van der Waals surface area contributed by atoms with Crippen molar-refractivity contribution >= 4 is 11.7 Å². The number of aromatic nitrogens is 2. The average molecular weight is 253 g/mol. The third-order valence-corrected chi connectivity index (χ3v) is 2.72. The Labute approximate surface area is 109 Å². The van der Waals surface area contributed by atoms with Gasteiger partial charge in [0.05, 0.1) is 18.0 Å². The molecule has 1 unspecified atom stereocenters. The number of nitrogens with one attached hydrogen (secondary N) is 1. The lowest BCUT2D eigenvalue weighted by molar-refractivity contribution is -0.144. The second kappa shape index (κ2) is 7.03. The predicted molar refractivity (Wildman–Crippen MR) is 71.5 cm³/mol. The molecule has 0 bridgehead atoms. The SMILES string of the molecule is CCCC(Nc1cn(C)nc1CC)C(=O)OCC. The standard InChI is InChI=1S/C13H23N3O2/c1-5-8-11(13(17)18-7-3)14-12-9-16(4)15-10(12)6-2/h9,11,14H,5-8H2,1-4H3. The summed E-state index contributed by atoms with van der Waals surface area (Å²) in [6.45, 7) is 6.33. The highest BCUT2D eigenvalue weighted by Crippen LogP contribution is 2.17. The Morgan fingerprint density at radius 2 is 2.22 bits per heavy atom. The molecule has 1 N–H and O–H groups in total. The molecule has 5 heteroatoms. The zero-order chi connectivity index (χ0) is 13.5. The Hall–Kier alpha value is -1.52. The summed E-state index contributed by atoms with van der Waals surface area (Å²) in [6, 6.07) is -0.288. The van der Waals surface area contributed by atoms with Crippen LogP contribution in [0, 0.1) is 0 Å². The van der Waals surface area contributed by atoms with E-state index in [9.17, 15) is 4.79 Å². The first-order valence-corrected chi connectivity index (χ1v) is 6.58. The number of esters is 1. The van der Waals surface area contributed by atoms with Gasteiger partial charge in [-0.25, -0.2) is 4.79 Å². The van der Waals surface area contributed by atoms with Crippen LogP contribution in [0.15, 0.2) is 6.20 Å². The minimum absolute atomic E-state index is 0.190. The van der Waals surface area contributed by atoms with E-state index < -0.39 is 0 Å². The number of hydrogen-bond acceptors (Lipinski definition) is 4. The molecule has 102 valence electrons. The molecule has 0 spiro atoms. The lowest BCUT2D eigenvalue weighted by Gasteiger charge is -2.17. The Morgan fingerprint density at radius 1 is 1.50 bits per heavy atom. The highest BCUT2D eigenvalue weighted by molar-refractivity contribution is 5.79. The number of nitrogens with zero attached hydrogens (tertiary/aromatic N) is 2. The van der Waals surface area contributed by atoms with Crippen LogP contribution in [0.3, 0.4) is 0 Å². The average Bonchev–Trinajstić information content (AvgIpc) is 2.69. The van der Waals surface area contributed by atoms with Crippen molar-refractivity contribution in [2.24, 2.45) is 7.05 Å². The van der Waals surface area contributed by atoms with E-state index in [0.717, 1.165) is 30.6 Å². The second-order valence-corrected chi connectivity index (χ2v) is 4.25. The van der Waals surface area contributed by atoms with E-state index in [0.29, 0.717) is 6.61 Å². The number of rotatable bonds is 7. The van der Waals surface area contributed by atoms with Crippen LogP contribution in [-0.4, -0.2) is 28.4 Å². The Balaban J connectivity index is 2.78. The molecule has 1 heterocycles. The number of hydrogen-bond donors (Lipinski definition) is 1. The van der Waals surface area contributed by atoms with Crippen molar-refractivity contribution in [1.29, 1.82) is 0 Å². The fraction of sp³-hybridized carbons (Fsp3) is 0.692. The molecule has 0 saturated carbocycles. The maximum absolute atomic E-state index is 11.8. The molecule has 0 aromatic carbocycles. The lowest BCUT2D eigenvalue weighted by Crippen LogP contribution is -2.31. The molecule has 0 fully saturated rings. The number of ether oxygens (including phenoxy) is 1. The lowest BCUT2D eigenvalue weighted by atomic mass is 10.1. The highest BCUT2D eigenvalue weighted by Gasteiger charge is 2.20. The van der Waals surface area contributed by atoms with E-state index in [1.54, 1.807) is 4.68 Å². The minimum Gasteiger partial charge on any atom is -0.464 e. The van der Waals surface area contributed by atoms with Crippen LogP contribution in [0.4, 0.5) is 5.69 Å². The van der Waals surface area contributed by atoms with Crippen molar-refractivity contribution < 1.29 is 9.53 Å². The summed E-state index contributed by atoms with van der Waals surface area (Å²) in [4.78, 5) is 11.8. The summed E-state index contributed by atoms with van der Waals surface area (Å²) in [6.07, 6.45) is 4.43. The van der Waals surface area contributed by atoms with Gasteiger partial charge in [0, 0.05) is 13.2 Å². The molecule has 18 heavy (non-hydrogen) atoms. The van der Waals surface area contributed by atoms with E-state index >= 15 is 0 Å². The third kappa shape index (κ3) is 3.75. The first-order chi connectivity index (χ1) is 8.62. The van der Waals surface area contributed by atoms with Gasteiger partial charge in [-0.05, 0) is 19.8 Å². The van der Waals surface area contributed by atoms with Crippen LogP contribution >= 0.6 is 0 Å². The van der Waals surface area contributed by atoms with Gasteiger partial charge in [0.25, 0.3) is 0 Å². The Bertz CT molecular complexity index is 388.